The minimum absolute atomic E-state index is 0.0730. The molecule has 5 rings (SSSR count). The summed E-state index contributed by atoms with van der Waals surface area (Å²) >= 11 is 0. The van der Waals surface area contributed by atoms with Gasteiger partial charge in [-0.1, -0.05) is 91.0 Å². The summed E-state index contributed by atoms with van der Waals surface area (Å²) in [5.74, 6) is 0.455. The van der Waals surface area contributed by atoms with Gasteiger partial charge >= 0.3 is 12.1 Å². The number of nitrogens with zero attached hydrogens (tertiary/aromatic N) is 2. The fraction of sp³-hybridized carbons (Fsp3) is 0.500. The molecule has 2 aliphatic rings. The molecule has 7 nitrogen and oxygen atoms in total. The maximum Gasteiger partial charge on any atom is 0.410 e. The van der Waals surface area contributed by atoms with E-state index in [-0.39, 0.29) is 24.7 Å². The van der Waals surface area contributed by atoms with Crippen LogP contribution in [0.5, 0.6) is 0 Å². The number of ether oxygens (including phenoxy) is 1. The number of rotatable bonds is 7. The van der Waals surface area contributed by atoms with Crippen LogP contribution in [0.2, 0.25) is 0 Å². The van der Waals surface area contributed by atoms with Crippen LogP contribution < -0.4 is 5.32 Å². The number of amides is 3. The first-order valence-electron chi connectivity index (χ1n) is 17.4. The lowest BCUT2D eigenvalue weighted by molar-refractivity contribution is -0.0616. The average Bonchev–Trinajstić information content (AvgIpc) is 3.07. The Balaban J connectivity index is 0.000000218. The van der Waals surface area contributed by atoms with E-state index in [1.165, 1.54) is 11.1 Å². The number of urea groups is 1. The van der Waals surface area contributed by atoms with Crippen molar-refractivity contribution in [3.8, 4) is 0 Å². The fourth-order valence-corrected chi connectivity index (χ4v) is 6.45. The van der Waals surface area contributed by atoms with Gasteiger partial charge in [0, 0.05) is 31.1 Å². The zero-order valence-corrected chi connectivity index (χ0v) is 29.0. The Hall–Kier alpha value is -3.84. The number of β-amino-alcohol motifs (C(OH)–C–C–N with tert-alkyl or cyclic N) is 1. The summed E-state index contributed by atoms with van der Waals surface area (Å²) in [7, 11) is 0. The Morgan fingerprint density at radius 3 is 2.06 bits per heavy atom. The van der Waals surface area contributed by atoms with Crippen LogP contribution in [0.1, 0.15) is 95.8 Å². The summed E-state index contributed by atoms with van der Waals surface area (Å²) in [4.78, 5) is 28.6. The Labute approximate surface area is 282 Å². The van der Waals surface area contributed by atoms with Crippen LogP contribution in [-0.4, -0.2) is 64.3 Å². The molecule has 7 heteroatoms. The monoisotopic (exact) mass is 641 g/mol. The van der Waals surface area contributed by atoms with Crippen LogP contribution in [0.4, 0.5) is 9.59 Å². The third-order valence-electron chi connectivity index (χ3n) is 9.30. The second-order valence-corrected chi connectivity index (χ2v) is 14.3. The molecule has 254 valence electrons. The molecule has 2 aliphatic heterocycles. The number of carbonyl (C=O) groups excluding carboxylic acids is 2. The molecule has 2 saturated heterocycles. The van der Waals surface area contributed by atoms with Crippen LogP contribution in [0.3, 0.4) is 0 Å². The minimum Gasteiger partial charge on any atom is -0.444 e. The fourth-order valence-electron chi connectivity index (χ4n) is 6.45. The Bertz CT molecular complexity index is 1380. The second-order valence-electron chi connectivity index (χ2n) is 14.3. The molecule has 3 aromatic rings. The molecule has 3 amide bonds. The SMILES string of the molecule is CC1CCC(O)(c2ccccc2)CN1C(=O)OC(C)(C)C.CC1CCC(c2ccccc2)CN1C(=O)NCCCCc1ccccc1. The first-order chi connectivity index (χ1) is 22.4. The Kier molecular flexibility index (Phi) is 12.9. The van der Waals surface area contributed by atoms with Crippen molar-refractivity contribution in [2.24, 2.45) is 0 Å². The van der Waals surface area contributed by atoms with Crippen molar-refractivity contribution in [3.05, 3.63) is 108 Å². The molecular weight excluding hydrogens is 586 g/mol. The van der Waals surface area contributed by atoms with Crippen LogP contribution in [0.25, 0.3) is 0 Å². The lowest BCUT2D eigenvalue weighted by atomic mass is 9.83. The van der Waals surface area contributed by atoms with Gasteiger partial charge in [-0.15, -0.1) is 0 Å². The summed E-state index contributed by atoms with van der Waals surface area (Å²) in [6.07, 6.45) is 6.48. The van der Waals surface area contributed by atoms with E-state index in [9.17, 15) is 14.7 Å². The van der Waals surface area contributed by atoms with Gasteiger partial charge in [-0.3, -0.25) is 0 Å². The maximum atomic E-state index is 12.6. The highest BCUT2D eigenvalue weighted by atomic mass is 16.6. The van der Waals surface area contributed by atoms with E-state index in [1.807, 2.05) is 69.0 Å². The Morgan fingerprint density at radius 1 is 0.830 bits per heavy atom. The molecule has 2 heterocycles. The normalized spacial score (nSPS) is 22.9. The number of piperidine rings is 2. The number of aliphatic hydroxyl groups is 1. The molecule has 3 aromatic carbocycles. The first kappa shape index (κ1) is 36.0. The molecule has 2 N–H and O–H groups in total. The topological polar surface area (TPSA) is 82.1 Å². The number of likely N-dealkylation sites (tertiary alicyclic amines) is 2. The summed E-state index contributed by atoms with van der Waals surface area (Å²) in [5, 5.41) is 14.1. The third kappa shape index (κ3) is 10.9. The minimum atomic E-state index is -0.995. The second kappa shape index (κ2) is 16.8. The van der Waals surface area contributed by atoms with Crippen molar-refractivity contribution in [1.82, 2.24) is 15.1 Å². The van der Waals surface area contributed by atoms with Gasteiger partial charge in [0.25, 0.3) is 0 Å². The molecule has 4 atom stereocenters. The quantitative estimate of drug-likeness (QED) is 0.255. The summed E-state index contributed by atoms with van der Waals surface area (Å²) < 4.78 is 5.45. The average molecular weight is 642 g/mol. The van der Waals surface area contributed by atoms with Crippen LogP contribution in [0.15, 0.2) is 91.0 Å². The van der Waals surface area contributed by atoms with Gasteiger partial charge in [0.05, 0.1) is 6.54 Å². The van der Waals surface area contributed by atoms with Crippen LogP contribution in [0, 0.1) is 0 Å². The number of hydrogen-bond donors (Lipinski definition) is 2. The molecule has 0 aliphatic carbocycles. The van der Waals surface area contributed by atoms with E-state index in [1.54, 1.807) is 4.90 Å². The van der Waals surface area contributed by atoms with E-state index < -0.39 is 11.2 Å². The predicted molar refractivity (Wildman–Crippen MR) is 189 cm³/mol. The smallest absolute Gasteiger partial charge is 0.410 e. The highest BCUT2D eigenvalue weighted by Crippen LogP contribution is 2.35. The first-order valence-corrected chi connectivity index (χ1v) is 17.4. The van der Waals surface area contributed by atoms with Crippen molar-refractivity contribution in [2.75, 3.05) is 19.6 Å². The van der Waals surface area contributed by atoms with Crippen LogP contribution >= 0.6 is 0 Å². The molecule has 47 heavy (non-hydrogen) atoms. The third-order valence-corrected chi connectivity index (χ3v) is 9.30. The molecule has 0 spiro atoms. The number of aryl methyl sites for hydroxylation is 1. The molecule has 0 aromatic heterocycles. The number of hydrogen-bond acceptors (Lipinski definition) is 4. The number of carbonyl (C=O) groups is 2. The van der Waals surface area contributed by atoms with Crippen molar-refractivity contribution in [3.63, 3.8) is 0 Å². The summed E-state index contributed by atoms with van der Waals surface area (Å²) in [6.45, 7) is 11.6. The van der Waals surface area contributed by atoms with Gasteiger partial charge in [0.15, 0.2) is 0 Å². The van der Waals surface area contributed by atoms with Crippen molar-refractivity contribution in [1.29, 1.82) is 0 Å². The lowest BCUT2D eigenvalue weighted by Gasteiger charge is -2.43. The van der Waals surface area contributed by atoms with E-state index in [0.717, 1.165) is 57.2 Å². The van der Waals surface area contributed by atoms with Gasteiger partial charge in [-0.25, -0.2) is 9.59 Å². The molecule has 0 saturated carbocycles. The van der Waals surface area contributed by atoms with E-state index in [2.05, 4.69) is 66.8 Å². The van der Waals surface area contributed by atoms with Gasteiger partial charge in [0.2, 0.25) is 0 Å². The molecule has 4 unspecified atom stereocenters. The number of nitrogens with one attached hydrogen (secondary N) is 1. The van der Waals surface area contributed by atoms with Gasteiger partial charge in [-0.05, 0) is 96.3 Å². The standard InChI is InChI=1S/C23H30N2O.C17H25NO3/c1-19-15-16-22(21-13-6-3-7-14-21)18-25(19)23(26)24-17-9-8-12-20-10-4-2-5-11-20;1-13-10-11-17(20,14-8-6-5-7-9-14)12-18(13)15(19)21-16(2,3)4/h2-7,10-11,13-14,19,22H,8-9,12,15-18H2,1H3,(H,24,26);5-9,13,20H,10-12H2,1-4H3. The highest BCUT2D eigenvalue weighted by Gasteiger charge is 2.41. The van der Waals surface area contributed by atoms with Crippen molar-refractivity contribution >= 4 is 12.1 Å². The predicted octanol–water partition coefficient (Wildman–Crippen LogP) is 8.28. The number of unbranched alkanes of at least 4 members (excludes halogenated alkanes) is 1. The Morgan fingerprint density at radius 2 is 1.43 bits per heavy atom. The highest BCUT2D eigenvalue weighted by molar-refractivity contribution is 5.74. The largest absolute Gasteiger partial charge is 0.444 e. The van der Waals surface area contributed by atoms with Gasteiger partial charge in [0.1, 0.15) is 11.2 Å². The molecular formula is C40H55N3O4. The summed E-state index contributed by atoms with van der Waals surface area (Å²) in [6, 6.07) is 31.2. The van der Waals surface area contributed by atoms with E-state index in [4.69, 9.17) is 4.74 Å². The molecule has 0 radical (unpaired) electrons. The zero-order valence-electron chi connectivity index (χ0n) is 29.0. The maximum absolute atomic E-state index is 12.6. The molecule has 2 fully saturated rings. The summed E-state index contributed by atoms with van der Waals surface area (Å²) in [5.41, 5.74) is 2.05. The van der Waals surface area contributed by atoms with E-state index >= 15 is 0 Å². The van der Waals surface area contributed by atoms with Crippen molar-refractivity contribution in [2.45, 2.75) is 109 Å². The van der Waals surface area contributed by atoms with Gasteiger partial charge in [-0.2, -0.15) is 0 Å². The zero-order chi connectivity index (χ0) is 33.9. The van der Waals surface area contributed by atoms with E-state index in [0.29, 0.717) is 18.4 Å². The lowest BCUT2D eigenvalue weighted by Crippen LogP contribution is -2.53. The van der Waals surface area contributed by atoms with Crippen molar-refractivity contribution < 1.29 is 19.4 Å². The van der Waals surface area contributed by atoms with Crippen LogP contribution in [-0.2, 0) is 16.8 Å². The number of benzene rings is 3. The van der Waals surface area contributed by atoms with Gasteiger partial charge < -0.3 is 25.0 Å². The molecule has 0 bridgehead atoms.